The van der Waals surface area contributed by atoms with Crippen molar-refractivity contribution in [3.8, 4) is 5.75 Å². The molecule has 1 heterocycles. The average Bonchev–Trinajstić information content (AvgIpc) is 2.55. The van der Waals surface area contributed by atoms with Crippen LogP contribution in [0.5, 0.6) is 5.75 Å². The van der Waals surface area contributed by atoms with Crippen molar-refractivity contribution in [1.82, 2.24) is 4.90 Å². The summed E-state index contributed by atoms with van der Waals surface area (Å²) in [5.74, 6) is -1.12. The molecule has 1 aromatic carbocycles. The molecule has 6 heteroatoms. The Balaban J connectivity index is 1.93. The molecule has 1 aliphatic heterocycles. The molecule has 2 rings (SSSR count). The van der Waals surface area contributed by atoms with Gasteiger partial charge in [-0.05, 0) is 12.1 Å². The minimum atomic E-state index is -0.614. The fourth-order valence-electron chi connectivity index (χ4n) is 2.29. The third kappa shape index (κ3) is 4.05. The van der Waals surface area contributed by atoms with E-state index in [-0.39, 0.29) is 35.7 Å². The van der Waals surface area contributed by atoms with Crippen molar-refractivity contribution in [1.29, 1.82) is 0 Å². The quantitative estimate of drug-likeness (QED) is 0.633. The third-order valence-corrected chi connectivity index (χ3v) is 3.62. The fourth-order valence-corrected chi connectivity index (χ4v) is 2.29. The van der Waals surface area contributed by atoms with Crippen molar-refractivity contribution < 1.29 is 24.2 Å². The number of ether oxygens (including phenoxy) is 2. The zero-order valence-corrected chi connectivity index (χ0v) is 12.7. The number of esters is 1. The Kier molecular flexibility index (Phi) is 5.91. The third-order valence-electron chi connectivity index (χ3n) is 3.62. The maximum Gasteiger partial charge on any atom is 0.341 e. The fraction of sp³-hybridized carbons (Fsp3) is 0.500. The number of phenolic OH excluding ortho intramolecular Hbond substituents is 1. The molecule has 1 saturated heterocycles. The molecule has 6 nitrogen and oxygen atoms in total. The molecule has 0 unspecified atom stereocenters. The van der Waals surface area contributed by atoms with Crippen LogP contribution >= 0.6 is 0 Å². The molecule has 22 heavy (non-hydrogen) atoms. The van der Waals surface area contributed by atoms with Crippen LogP contribution in [0, 0.1) is 0 Å². The maximum absolute atomic E-state index is 12.0. The summed E-state index contributed by atoms with van der Waals surface area (Å²) in [6.45, 7) is 5.60. The summed E-state index contributed by atoms with van der Waals surface area (Å²) in [7, 11) is 0. The van der Waals surface area contributed by atoms with E-state index in [1.807, 2.05) is 0 Å². The van der Waals surface area contributed by atoms with Gasteiger partial charge < -0.3 is 14.6 Å². The van der Waals surface area contributed by atoms with Gasteiger partial charge in [0.05, 0.1) is 18.8 Å². The largest absolute Gasteiger partial charge is 0.506 e. The van der Waals surface area contributed by atoms with Gasteiger partial charge in [0.1, 0.15) is 17.9 Å². The van der Waals surface area contributed by atoms with Crippen molar-refractivity contribution >= 4 is 11.8 Å². The lowest BCUT2D eigenvalue weighted by Crippen LogP contribution is -2.38. The van der Waals surface area contributed by atoms with Gasteiger partial charge in [0.15, 0.2) is 5.78 Å². The molecule has 120 valence electrons. The number of Topliss-reactive ketones (excluding diaryl/α,β-unsaturated/α-hetero) is 1. The van der Waals surface area contributed by atoms with Crippen LogP contribution in [0.2, 0.25) is 0 Å². The Morgan fingerprint density at radius 3 is 2.64 bits per heavy atom. The normalized spacial score (nSPS) is 15.5. The molecule has 0 bridgehead atoms. The van der Waals surface area contributed by atoms with Crippen molar-refractivity contribution in [2.24, 2.45) is 0 Å². The Hall–Kier alpha value is -1.92. The van der Waals surface area contributed by atoms with Crippen LogP contribution in [0.15, 0.2) is 18.2 Å². The first-order valence-electron chi connectivity index (χ1n) is 7.46. The van der Waals surface area contributed by atoms with E-state index in [9.17, 15) is 14.7 Å². The number of ketones is 1. The number of carbonyl (C=O) groups excluding carboxylic acids is 2. The molecule has 0 aliphatic carbocycles. The first-order valence-corrected chi connectivity index (χ1v) is 7.46. The van der Waals surface area contributed by atoms with Crippen LogP contribution in [-0.2, 0) is 9.47 Å². The van der Waals surface area contributed by atoms with Gasteiger partial charge in [0.2, 0.25) is 0 Å². The van der Waals surface area contributed by atoms with Crippen LogP contribution in [-0.4, -0.2) is 61.2 Å². The van der Waals surface area contributed by atoms with Gasteiger partial charge in [-0.3, -0.25) is 9.69 Å². The van der Waals surface area contributed by atoms with Crippen molar-refractivity contribution in [2.45, 2.75) is 13.3 Å². The lowest BCUT2D eigenvalue weighted by atomic mass is 10.0. The minimum absolute atomic E-state index is 0.0290. The number of nitrogens with zero attached hydrogens (tertiary/aromatic N) is 1. The minimum Gasteiger partial charge on any atom is -0.506 e. The Morgan fingerprint density at radius 1 is 1.27 bits per heavy atom. The van der Waals surface area contributed by atoms with E-state index >= 15 is 0 Å². The van der Waals surface area contributed by atoms with Gasteiger partial charge in [-0.1, -0.05) is 13.0 Å². The van der Waals surface area contributed by atoms with E-state index in [0.29, 0.717) is 19.8 Å². The lowest BCUT2D eigenvalue weighted by molar-refractivity contribution is 0.0194. The van der Waals surface area contributed by atoms with E-state index < -0.39 is 5.97 Å². The average molecular weight is 307 g/mol. The lowest BCUT2D eigenvalue weighted by Gasteiger charge is -2.26. The van der Waals surface area contributed by atoms with Gasteiger partial charge >= 0.3 is 5.97 Å². The number of carbonyl (C=O) groups is 2. The summed E-state index contributed by atoms with van der Waals surface area (Å²) in [5, 5.41) is 10.1. The first kappa shape index (κ1) is 16.5. The summed E-state index contributed by atoms with van der Waals surface area (Å²) in [6, 6.07) is 4.53. The van der Waals surface area contributed by atoms with Crippen molar-refractivity contribution in [3.63, 3.8) is 0 Å². The van der Waals surface area contributed by atoms with E-state index in [1.165, 1.54) is 12.1 Å². The van der Waals surface area contributed by atoms with Gasteiger partial charge in [0, 0.05) is 26.1 Å². The van der Waals surface area contributed by atoms with E-state index in [0.717, 1.165) is 13.1 Å². The molecule has 1 aromatic rings. The number of hydrogen-bond acceptors (Lipinski definition) is 6. The molecular formula is C16H21NO5. The number of morpholine rings is 1. The summed E-state index contributed by atoms with van der Waals surface area (Å²) >= 11 is 0. The van der Waals surface area contributed by atoms with Crippen LogP contribution in [0.3, 0.4) is 0 Å². The zero-order chi connectivity index (χ0) is 15.9. The Bertz CT molecular complexity index is 537. The number of phenols is 1. The molecule has 0 saturated carbocycles. The highest BCUT2D eigenvalue weighted by atomic mass is 16.5. The first-order chi connectivity index (χ1) is 10.6. The van der Waals surface area contributed by atoms with Gasteiger partial charge in [-0.15, -0.1) is 0 Å². The van der Waals surface area contributed by atoms with Crippen molar-refractivity contribution in [3.05, 3.63) is 29.3 Å². The van der Waals surface area contributed by atoms with Gasteiger partial charge in [0.25, 0.3) is 0 Å². The number of para-hydroxylation sites is 1. The monoisotopic (exact) mass is 307 g/mol. The number of hydrogen-bond donors (Lipinski definition) is 1. The molecule has 0 atom stereocenters. The van der Waals surface area contributed by atoms with Crippen LogP contribution in [0.1, 0.15) is 34.1 Å². The molecule has 1 aliphatic rings. The predicted molar refractivity (Wildman–Crippen MR) is 80.3 cm³/mol. The second kappa shape index (κ2) is 7.91. The van der Waals surface area contributed by atoms with Gasteiger partial charge in [-0.2, -0.15) is 0 Å². The molecule has 0 spiro atoms. The molecule has 0 aromatic heterocycles. The topological polar surface area (TPSA) is 76.1 Å². The summed E-state index contributed by atoms with van der Waals surface area (Å²) in [5.41, 5.74) is 0.186. The smallest absolute Gasteiger partial charge is 0.341 e. The Labute approximate surface area is 129 Å². The molecule has 0 amide bonds. The molecule has 1 N–H and O–H groups in total. The second-order valence-corrected chi connectivity index (χ2v) is 5.07. The number of benzene rings is 1. The van der Waals surface area contributed by atoms with Crippen molar-refractivity contribution in [2.75, 3.05) is 39.5 Å². The van der Waals surface area contributed by atoms with Gasteiger partial charge in [-0.25, -0.2) is 4.79 Å². The summed E-state index contributed by atoms with van der Waals surface area (Å²) in [6.07, 6.45) is 0.267. The summed E-state index contributed by atoms with van der Waals surface area (Å²) < 4.78 is 10.4. The highest BCUT2D eigenvalue weighted by molar-refractivity contribution is 6.03. The number of rotatable bonds is 6. The Morgan fingerprint density at radius 2 is 1.95 bits per heavy atom. The molecule has 0 radical (unpaired) electrons. The maximum atomic E-state index is 12.0. The second-order valence-electron chi connectivity index (χ2n) is 5.07. The highest BCUT2D eigenvalue weighted by Gasteiger charge is 2.19. The zero-order valence-electron chi connectivity index (χ0n) is 12.7. The van der Waals surface area contributed by atoms with Crippen LogP contribution in [0.25, 0.3) is 0 Å². The molecular weight excluding hydrogens is 286 g/mol. The SMILES string of the molecule is CCC(=O)c1cccc(C(=O)OCCN2CCOCC2)c1O. The van der Waals surface area contributed by atoms with E-state index in [4.69, 9.17) is 9.47 Å². The van der Waals surface area contributed by atoms with Crippen LogP contribution < -0.4 is 0 Å². The van der Waals surface area contributed by atoms with E-state index in [2.05, 4.69) is 4.90 Å². The summed E-state index contributed by atoms with van der Waals surface area (Å²) in [4.78, 5) is 25.9. The predicted octanol–water partition coefficient (Wildman–Crippen LogP) is 1.47. The van der Waals surface area contributed by atoms with Crippen LogP contribution in [0.4, 0.5) is 0 Å². The number of aromatic hydroxyl groups is 1. The highest BCUT2D eigenvalue weighted by Crippen LogP contribution is 2.24. The van der Waals surface area contributed by atoms with E-state index in [1.54, 1.807) is 13.0 Å². The molecule has 1 fully saturated rings. The standard InChI is InChI=1S/C16H21NO5/c1-2-14(18)12-4-3-5-13(15(12)19)16(20)22-11-8-17-6-9-21-10-7-17/h3-5,19H,2,6-11H2,1H3.